The Morgan fingerprint density at radius 2 is 2.00 bits per heavy atom. The van der Waals surface area contributed by atoms with Gasteiger partial charge in [0.15, 0.2) is 6.29 Å². The minimum absolute atomic E-state index is 0.196. The standard InChI is InChI=1S/C9H9BrO3/c10-6-1-2-7(8(11)5-6)9-12-3-4-13-9/h1-2,5,9,11H,3-4H2. The van der Waals surface area contributed by atoms with Crippen LogP contribution in [0.3, 0.4) is 0 Å². The van der Waals surface area contributed by atoms with E-state index in [9.17, 15) is 5.11 Å². The summed E-state index contributed by atoms with van der Waals surface area (Å²) in [4.78, 5) is 0. The van der Waals surface area contributed by atoms with Gasteiger partial charge in [0.05, 0.1) is 13.2 Å². The summed E-state index contributed by atoms with van der Waals surface area (Å²) in [5.74, 6) is 0.196. The summed E-state index contributed by atoms with van der Waals surface area (Å²) in [6.07, 6.45) is -0.409. The molecule has 1 N–H and O–H groups in total. The highest BCUT2D eigenvalue weighted by Gasteiger charge is 2.21. The maximum absolute atomic E-state index is 9.56. The van der Waals surface area contributed by atoms with E-state index in [1.165, 1.54) is 0 Å². The van der Waals surface area contributed by atoms with Crippen LogP contribution in [0.1, 0.15) is 11.9 Å². The van der Waals surface area contributed by atoms with E-state index in [1.54, 1.807) is 12.1 Å². The zero-order valence-corrected chi connectivity index (χ0v) is 8.45. The minimum atomic E-state index is -0.409. The first-order valence-corrected chi connectivity index (χ1v) is 4.78. The van der Waals surface area contributed by atoms with Crippen LogP contribution >= 0.6 is 15.9 Å². The molecule has 4 heteroatoms. The Morgan fingerprint density at radius 1 is 1.31 bits per heavy atom. The summed E-state index contributed by atoms with van der Waals surface area (Å²) in [7, 11) is 0. The second-order valence-corrected chi connectivity index (χ2v) is 3.69. The second-order valence-electron chi connectivity index (χ2n) is 2.78. The molecule has 1 aliphatic heterocycles. The third kappa shape index (κ3) is 1.85. The maximum Gasteiger partial charge on any atom is 0.187 e. The molecule has 13 heavy (non-hydrogen) atoms. The van der Waals surface area contributed by atoms with Gasteiger partial charge in [0.2, 0.25) is 0 Å². The largest absolute Gasteiger partial charge is 0.507 e. The molecule has 1 aliphatic rings. The smallest absolute Gasteiger partial charge is 0.187 e. The summed E-state index contributed by atoms with van der Waals surface area (Å²) in [6.45, 7) is 1.17. The normalized spacial score (nSPS) is 17.9. The van der Waals surface area contributed by atoms with Crippen LogP contribution in [0.4, 0.5) is 0 Å². The van der Waals surface area contributed by atoms with Gasteiger partial charge in [-0.05, 0) is 18.2 Å². The highest BCUT2D eigenvalue weighted by atomic mass is 79.9. The summed E-state index contributed by atoms with van der Waals surface area (Å²) >= 11 is 3.26. The number of aromatic hydroxyl groups is 1. The van der Waals surface area contributed by atoms with E-state index in [0.717, 1.165) is 4.47 Å². The van der Waals surface area contributed by atoms with E-state index in [0.29, 0.717) is 18.8 Å². The first kappa shape index (κ1) is 8.99. The van der Waals surface area contributed by atoms with E-state index in [1.807, 2.05) is 6.07 Å². The Morgan fingerprint density at radius 3 is 2.62 bits per heavy atom. The molecule has 70 valence electrons. The van der Waals surface area contributed by atoms with Crippen LogP contribution in [-0.4, -0.2) is 18.3 Å². The topological polar surface area (TPSA) is 38.7 Å². The molecule has 1 aromatic rings. The molecule has 0 spiro atoms. The van der Waals surface area contributed by atoms with Crippen LogP contribution < -0.4 is 0 Å². The fourth-order valence-corrected chi connectivity index (χ4v) is 1.60. The summed E-state index contributed by atoms with van der Waals surface area (Å²) in [5.41, 5.74) is 0.681. The first-order valence-electron chi connectivity index (χ1n) is 3.99. The third-order valence-corrected chi connectivity index (χ3v) is 2.36. The Hall–Kier alpha value is -0.580. The summed E-state index contributed by atoms with van der Waals surface area (Å²) in [5, 5.41) is 9.56. The van der Waals surface area contributed by atoms with E-state index in [2.05, 4.69) is 15.9 Å². The molecule has 3 nitrogen and oxygen atoms in total. The zero-order valence-electron chi connectivity index (χ0n) is 6.87. The number of rotatable bonds is 1. The molecule has 2 rings (SSSR count). The number of phenolic OH excluding ortho intramolecular Hbond substituents is 1. The number of benzene rings is 1. The molecule has 0 saturated carbocycles. The lowest BCUT2D eigenvalue weighted by Crippen LogP contribution is -1.97. The van der Waals surface area contributed by atoms with Gasteiger partial charge in [0, 0.05) is 10.0 Å². The van der Waals surface area contributed by atoms with E-state index < -0.39 is 6.29 Å². The number of hydrogen-bond donors (Lipinski definition) is 1. The Labute approximate surface area is 84.4 Å². The van der Waals surface area contributed by atoms with Crippen molar-refractivity contribution in [3.63, 3.8) is 0 Å². The molecule has 1 fully saturated rings. The Bertz CT molecular complexity index is 308. The molecule has 1 aromatic carbocycles. The fourth-order valence-electron chi connectivity index (χ4n) is 1.25. The van der Waals surface area contributed by atoms with Gasteiger partial charge in [-0.15, -0.1) is 0 Å². The van der Waals surface area contributed by atoms with E-state index >= 15 is 0 Å². The zero-order chi connectivity index (χ0) is 9.26. The van der Waals surface area contributed by atoms with Gasteiger partial charge in [-0.3, -0.25) is 0 Å². The molecule has 1 saturated heterocycles. The molecule has 0 atom stereocenters. The van der Waals surface area contributed by atoms with Crippen molar-refractivity contribution < 1.29 is 14.6 Å². The van der Waals surface area contributed by atoms with Gasteiger partial charge in [-0.25, -0.2) is 0 Å². The molecule has 0 amide bonds. The van der Waals surface area contributed by atoms with Gasteiger partial charge in [-0.1, -0.05) is 15.9 Å². The van der Waals surface area contributed by atoms with Crippen LogP contribution in [0.15, 0.2) is 22.7 Å². The number of hydrogen-bond acceptors (Lipinski definition) is 3. The van der Waals surface area contributed by atoms with E-state index in [4.69, 9.17) is 9.47 Å². The van der Waals surface area contributed by atoms with Crippen molar-refractivity contribution in [2.24, 2.45) is 0 Å². The molecule has 0 radical (unpaired) electrons. The average molecular weight is 245 g/mol. The molecule has 0 aromatic heterocycles. The van der Waals surface area contributed by atoms with Crippen molar-refractivity contribution in [3.05, 3.63) is 28.2 Å². The molecular formula is C9H9BrO3. The van der Waals surface area contributed by atoms with Crippen LogP contribution in [-0.2, 0) is 9.47 Å². The van der Waals surface area contributed by atoms with Crippen LogP contribution in [0, 0.1) is 0 Å². The van der Waals surface area contributed by atoms with Crippen molar-refractivity contribution in [2.75, 3.05) is 13.2 Å². The van der Waals surface area contributed by atoms with E-state index in [-0.39, 0.29) is 5.75 Å². The Balaban J connectivity index is 2.29. The highest BCUT2D eigenvalue weighted by Crippen LogP contribution is 2.32. The predicted octanol–water partition coefficient (Wildman–Crippen LogP) is 2.20. The summed E-state index contributed by atoms with van der Waals surface area (Å²) < 4.78 is 11.4. The molecular weight excluding hydrogens is 236 g/mol. The SMILES string of the molecule is Oc1cc(Br)ccc1C1OCCO1. The molecule has 1 heterocycles. The second kappa shape index (κ2) is 3.65. The van der Waals surface area contributed by atoms with Crippen LogP contribution in [0.5, 0.6) is 5.75 Å². The van der Waals surface area contributed by atoms with Crippen molar-refractivity contribution in [1.82, 2.24) is 0 Å². The van der Waals surface area contributed by atoms with Gasteiger partial charge >= 0.3 is 0 Å². The third-order valence-electron chi connectivity index (χ3n) is 1.87. The molecule has 0 aliphatic carbocycles. The van der Waals surface area contributed by atoms with Crippen molar-refractivity contribution in [1.29, 1.82) is 0 Å². The number of phenols is 1. The lowest BCUT2D eigenvalue weighted by Gasteiger charge is -2.10. The lowest BCUT2D eigenvalue weighted by molar-refractivity contribution is -0.0454. The van der Waals surface area contributed by atoms with Gasteiger partial charge in [-0.2, -0.15) is 0 Å². The first-order chi connectivity index (χ1) is 6.27. The van der Waals surface area contributed by atoms with Gasteiger partial charge in [0.25, 0.3) is 0 Å². The number of ether oxygens (including phenoxy) is 2. The highest BCUT2D eigenvalue weighted by molar-refractivity contribution is 9.10. The van der Waals surface area contributed by atoms with Crippen LogP contribution in [0.2, 0.25) is 0 Å². The van der Waals surface area contributed by atoms with Gasteiger partial charge in [0.1, 0.15) is 5.75 Å². The maximum atomic E-state index is 9.56. The van der Waals surface area contributed by atoms with Gasteiger partial charge < -0.3 is 14.6 Å². The minimum Gasteiger partial charge on any atom is -0.507 e. The molecule has 0 bridgehead atoms. The van der Waals surface area contributed by atoms with Crippen molar-refractivity contribution in [3.8, 4) is 5.75 Å². The van der Waals surface area contributed by atoms with Crippen LogP contribution in [0.25, 0.3) is 0 Å². The molecule has 0 unspecified atom stereocenters. The Kier molecular flexibility index (Phi) is 2.53. The summed E-state index contributed by atoms with van der Waals surface area (Å²) in [6, 6.07) is 5.26. The quantitative estimate of drug-likeness (QED) is 0.824. The van der Waals surface area contributed by atoms with Crippen molar-refractivity contribution in [2.45, 2.75) is 6.29 Å². The monoisotopic (exact) mass is 244 g/mol. The van der Waals surface area contributed by atoms with Crippen molar-refractivity contribution >= 4 is 15.9 Å². The average Bonchev–Trinajstić information content (AvgIpc) is 2.56. The lowest BCUT2D eigenvalue weighted by atomic mass is 10.2. The number of halogens is 1. The fraction of sp³-hybridized carbons (Fsp3) is 0.333. The predicted molar refractivity (Wildman–Crippen MR) is 50.5 cm³/mol.